The minimum atomic E-state index is 0.504. The van der Waals surface area contributed by atoms with Crippen LogP contribution in [0.2, 0.25) is 4.34 Å². The molecule has 1 aliphatic carbocycles. The molecule has 1 atom stereocenters. The maximum Gasteiger partial charge on any atom is 0.0960 e. The predicted molar refractivity (Wildman–Crippen MR) is 76.9 cm³/mol. The molecular formula is C13H18BrClS. The highest BCUT2D eigenvalue weighted by Crippen LogP contribution is 2.39. The number of thiophene rings is 1. The van der Waals surface area contributed by atoms with Crippen molar-refractivity contribution in [3.8, 4) is 0 Å². The van der Waals surface area contributed by atoms with Crippen LogP contribution in [-0.4, -0.2) is 0 Å². The van der Waals surface area contributed by atoms with Crippen LogP contribution >= 0.6 is 38.9 Å². The van der Waals surface area contributed by atoms with Crippen LogP contribution in [0.25, 0.3) is 0 Å². The lowest BCUT2D eigenvalue weighted by molar-refractivity contribution is 0.484. The Morgan fingerprint density at radius 1 is 1.50 bits per heavy atom. The smallest absolute Gasteiger partial charge is 0.0960 e. The third-order valence-corrected chi connectivity index (χ3v) is 6.41. The van der Waals surface area contributed by atoms with Gasteiger partial charge < -0.3 is 0 Å². The Morgan fingerprint density at radius 2 is 2.19 bits per heavy atom. The molecule has 0 bridgehead atoms. The van der Waals surface area contributed by atoms with E-state index in [0.29, 0.717) is 4.83 Å². The Morgan fingerprint density at radius 3 is 2.75 bits per heavy atom. The molecule has 2 rings (SSSR count). The van der Waals surface area contributed by atoms with Crippen molar-refractivity contribution in [3.63, 3.8) is 0 Å². The monoisotopic (exact) mass is 320 g/mol. The van der Waals surface area contributed by atoms with Crippen LogP contribution in [0.3, 0.4) is 0 Å². The summed E-state index contributed by atoms with van der Waals surface area (Å²) < 4.78 is 0.945. The van der Waals surface area contributed by atoms with Crippen molar-refractivity contribution in [3.05, 3.63) is 20.8 Å². The summed E-state index contributed by atoms with van der Waals surface area (Å²) in [6.45, 7) is 2.08. The first-order valence-corrected chi connectivity index (χ1v) is 8.17. The lowest BCUT2D eigenvalue weighted by Gasteiger charge is -2.11. The molecule has 16 heavy (non-hydrogen) atoms. The molecule has 90 valence electrons. The van der Waals surface area contributed by atoms with E-state index in [-0.39, 0.29) is 0 Å². The van der Waals surface area contributed by atoms with Crippen molar-refractivity contribution in [1.29, 1.82) is 0 Å². The Labute approximate surface area is 116 Å². The molecule has 1 fully saturated rings. The van der Waals surface area contributed by atoms with Crippen LogP contribution in [-0.2, 0) is 0 Å². The second-order valence-corrected chi connectivity index (χ2v) is 7.59. The van der Waals surface area contributed by atoms with Crippen molar-refractivity contribution in [1.82, 2.24) is 0 Å². The van der Waals surface area contributed by atoms with Gasteiger partial charge in [-0.05, 0) is 37.3 Å². The van der Waals surface area contributed by atoms with Crippen molar-refractivity contribution in [2.24, 2.45) is 5.92 Å². The molecule has 1 aromatic heterocycles. The van der Waals surface area contributed by atoms with Crippen LogP contribution in [0.4, 0.5) is 0 Å². The third-order valence-electron chi connectivity index (χ3n) is 3.49. The normalized spacial score (nSPS) is 19.2. The van der Waals surface area contributed by atoms with Gasteiger partial charge in [0.05, 0.1) is 4.34 Å². The van der Waals surface area contributed by atoms with Gasteiger partial charge in [0, 0.05) is 9.70 Å². The van der Waals surface area contributed by atoms with E-state index in [0.717, 1.165) is 10.3 Å². The largest absolute Gasteiger partial charge is 0.127 e. The Kier molecular flexibility index (Phi) is 4.75. The van der Waals surface area contributed by atoms with Gasteiger partial charge in [-0.2, -0.15) is 0 Å². The summed E-state index contributed by atoms with van der Waals surface area (Å²) >= 11 is 11.6. The fraction of sp³-hybridized carbons (Fsp3) is 0.692. The molecule has 1 saturated carbocycles. The molecule has 1 aromatic rings. The summed E-state index contributed by atoms with van der Waals surface area (Å²) in [6, 6.07) is 2.22. The van der Waals surface area contributed by atoms with E-state index in [4.69, 9.17) is 11.6 Å². The molecule has 0 amide bonds. The topological polar surface area (TPSA) is 0 Å². The summed E-state index contributed by atoms with van der Waals surface area (Å²) in [4.78, 5) is 1.89. The first-order valence-electron chi connectivity index (χ1n) is 6.06. The van der Waals surface area contributed by atoms with Gasteiger partial charge in [0.1, 0.15) is 0 Å². The van der Waals surface area contributed by atoms with Gasteiger partial charge in [0.2, 0.25) is 0 Å². The molecule has 0 saturated heterocycles. The van der Waals surface area contributed by atoms with Crippen LogP contribution in [0.5, 0.6) is 0 Å². The van der Waals surface area contributed by atoms with Crippen LogP contribution in [0.15, 0.2) is 6.07 Å². The number of hydrogen-bond donors (Lipinski definition) is 0. The van der Waals surface area contributed by atoms with Crippen LogP contribution in [0.1, 0.15) is 53.8 Å². The van der Waals surface area contributed by atoms with Crippen molar-refractivity contribution in [2.45, 2.75) is 50.3 Å². The van der Waals surface area contributed by atoms with Crippen molar-refractivity contribution < 1.29 is 0 Å². The van der Waals surface area contributed by atoms with Crippen molar-refractivity contribution in [2.75, 3.05) is 0 Å². The lowest BCUT2D eigenvalue weighted by Crippen LogP contribution is -1.95. The molecule has 0 aromatic carbocycles. The zero-order valence-corrected chi connectivity index (χ0v) is 12.8. The highest BCUT2D eigenvalue weighted by atomic mass is 79.9. The van der Waals surface area contributed by atoms with E-state index in [1.54, 1.807) is 11.3 Å². The Hall–Kier alpha value is 0.470. The van der Waals surface area contributed by atoms with Gasteiger partial charge in [-0.1, -0.05) is 53.2 Å². The number of rotatable bonds is 4. The summed E-state index contributed by atoms with van der Waals surface area (Å²) in [7, 11) is 0. The van der Waals surface area contributed by atoms with E-state index in [9.17, 15) is 0 Å². The summed E-state index contributed by atoms with van der Waals surface area (Å²) in [5.41, 5.74) is 1.21. The lowest BCUT2D eigenvalue weighted by atomic mass is 10.0. The van der Waals surface area contributed by atoms with Crippen LogP contribution < -0.4 is 0 Å². The number of aryl methyl sites for hydroxylation is 1. The Balaban J connectivity index is 1.84. The number of halogens is 2. The van der Waals surface area contributed by atoms with Gasteiger partial charge in [-0.3, -0.25) is 0 Å². The zero-order valence-electron chi connectivity index (χ0n) is 9.64. The minimum absolute atomic E-state index is 0.504. The van der Waals surface area contributed by atoms with E-state index >= 15 is 0 Å². The molecule has 1 unspecified atom stereocenters. The van der Waals surface area contributed by atoms with E-state index in [1.165, 1.54) is 49.0 Å². The van der Waals surface area contributed by atoms with Gasteiger partial charge in [-0.25, -0.2) is 0 Å². The average Bonchev–Trinajstić information content (AvgIpc) is 2.86. The van der Waals surface area contributed by atoms with Gasteiger partial charge in [0.15, 0.2) is 0 Å². The van der Waals surface area contributed by atoms with E-state index in [1.807, 2.05) is 0 Å². The number of hydrogen-bond acceptors (Lipinski definition) is 1. The maximum atomic E-state index is 6.10. The first kappa shape index (κ1) is 12.9. The zero-order chi connectivity index (χ0) is 11.5. The fourth-order valence-corrected chi connectivity index (χ4v) is 4.37. The predicted octanol–water partition coefficient (Wildman–Crippen LogP) is 6.12. The molecule has 0 nitrogen and oxygen atoms in total. The summed E-state index contributed by atoms with van der Waals surface area (Å²) in [5.74, 6) is 0.983. The maximum absolute atomic E-state index is 6.10. The molecular weight excluding hydrogens is 304 g/mol. The van der Waals surface area contributed by atoms with Gasteiger partial charge in [0.25, 0.3) is 0 Å². The molecule has 0 N–H and O–H groups in total. The average molecular weight is 322 g/mol. The van der Waals surface area contributed by atoms with Gasteiger partial charge in [-0.15, -0.1) is 11.3 Å². The second kappa shape index (κ2) is 5.88. The fourth-order valence-electron chi connectivity index (χ4n) is 2.46. The number of alkyl halides is 1. The molecule has 0 spiro atoms. The molecule has 0 aliphatic heterocycles. The van der Waals surface area contributed by atoms with E-state index < -0.39 is 0 Å². The minimum Gasteiger partial charge on any atom is -0.127 e. The van der Waals surface area contributed by atoms with Crippen LogP contribution in [0, 0.1) is 12.8 Å². The second-order valence-electron chi connectivity index (χ2n) is 4.80. The summed E-state index contributed by atoms with van der Waals surface area (Å²) in [5, 5.41) is 0. The third kappa shape index (κ3) is 3.24. The highest BCUT2D eigenvalue weighted by Gasteiger charge is 2.18. The molecule has 3 heteroatoms. The molecule has 1 heterocycles. The van der Waals surface area contributed by atoms with Crippen molar-refractivity contribution >= 4 is 38.9 Å². The molecule has 0 radical (unpaired) electrons. The Bertz CT molecular complexity index is 322. The van der Waals surface area contributed by atoms with Gasteiger partial charge >= 0.3 is 0 Å². The first-order chi connectivity index (χ1) is 7.66. The standard InChI is InChI=1S/C13H18BrClS/c1-9-8-12(16-13(9)15)11(14)7-6-10-4-2-3-5-10/h8,10-11H,2-7H2,1H3. The molecule has 1 aliphatic rings. The quantitative estimate of drug-likeness (QED) is 0.586. The SMILES string of the molecule is Cc1cc(C(Br)CCC2CCCC2)sc1Cl. The highest BCUT2D eigenvalue weighted by molar-refractivity contribution is 9.09. The van der Waals surface area contributed by atoms with E-state index in [2.05, 4.69) is 28.9 Å². The summed E-state index contributed by atoms with van der Waals surface area (Å²) in [6.07, 6.45) is 8.41.